The van der Waals surface area contributed by atoms with Crippen LogP contribution in [0.4, 0.5) is 0 Å². The quantitative estimate of drug-likeness (QED) is 0.593. The van der Waals surface area contributed by atoms with Gasteiger partial charge in [-0.2, -0.15) is 0 Å². The number of aryl methyl sites for hydroxylation is 2. The number of nitrogens with zero attached hydrogens (tertiary/aromatic N) is 1. The highest BCUT2D eigenvalue weighted by Crippen LogP contribution is 2.23. The number of fused-ring (bicyclic) bond motifs is 2. The van der Waals surface area contributed by atoms with Gasteiger partial charge in [0.25, 0.3) is 0 Å². The number of likely N-dealkylation sites (tertiary alicyclic amines) is 1. The first-order chi connectivity index (χ1) is 12.9. The van der Waals surface area contributed by atoms with Crippen LogP contribution in [0.5, 0.6) is 0 Å². The van der Waals surface area contributed by atoms with Gasteiger partial charge in [0.15, 0.2) is 0 Å². The van der Waals surface area contributed by atoms with Crippen LogP contribution >= 0.6 is 0 Å². The van der Waals surface area contributed by atoms with E-state index in [4.69, 9.17) is 0 Å². The predicted molar refractivity (Wildman–Crippen MR) is 117 cm³/mol. The molecular weight excluding hydrogens is 314 g/mol. The largest absolute Gasteiger partial charge is 0.303 e. The van der Waals surface area contributed by atoms with Crippen LogP contribution in [0.3, 0.4) is 0 Å². The van der Waals surface area contributed by atoms with E-state index in [9.17, 15) is 0 Å². The fraction of sp³-hybridized carbons (Fsp3) is 0.520. The van der Waals surface area contributed by atoms with E-state index in [0.29, 0.717) is 0 Å². The van der Waals surface area contributed by atoms with E-state index in [1.807, 2.05) is 27.7 Å². The molecule has 1 aliphatic heterocycles. The Labute approximate surface area is 162 Å². The molecule has 0 aromatic heterocycles. The SMILES string of the molecule is CC.CC.CCCN1CCC1.c1ccc2c(c1)CCc1ccccc1C2. The standard InChI is InChI=1S/C15H14.C6H13N.2C2H6/c1-3-7-14-11-15-8-4-2-6-13(15)10-9-12(14)5-1;1-2-4-7-5-3-6-7;2*1-2/h1-8H,9-11H2;2-6H2,1H3;2*1-2H3. The monoisotopic (exact) mass is 353 g/mol. The minimum atomic E-state index is 1.10. The molecule has 0 saturated carbocycles. The first kappa shape index (κ1) is 22.4. The molecule has 0 amide bonds. The molecule has 2 aromatic carbocycles. The molecule has 26 heavy (non-hydrogen) atoms. The third-order valence-corrected chi connectivity index (χ3v) is 4.77. The minimum absolute atomic E-state index is 1.10. The molecule has 4 rings (SSSR count). The summed E-state index contributed by atoms with van der Waals surface area (Å²) in [5.41, 5.74) is 6.05. The number of hydrogen-bond donors (Lipinski definition) is 0. The van der Waals surface area contributed by atoms with Crippen molar-refractivity contribution < 1.29 is 0 Å². The zero-order valence-electron chi connectivity index (χ0n) is 17.7. The molecule has 1 fully saturated rings. The van der Waals surface area contributed by atoms with Crippen molar-refractivity contribution in [2.75, 3.05) is 19.6 Å². The van der Waals surface area contributed by atoms with Crippen molar-refractivity contribution in [3.8, 4) is 0 Å². The molecule has 0 bridgehead atoms. The highest BCUT2D eigenvalue weighted by atomic mass is 15.2. The van der Waals surface area contributed by atoms with E-state index >= 15 is 0 Å². The fourth-order valence-electron chi connectivity index (χ4n) is 3.34. The van der Waals surface area contributed by atoms with Gasteiger partial charge in [-0.1, -0.05) is 83.1 Å². The van der Waals surface area contributed by atoms with Crippen molar-refractivity contribution in [2.24, 2.45) is 0 Å². The zero-order valence-corrected chi connectivity index (χ0v) is 17.7. The van der Waals surface area contributed by atoms with Crippen LogP contribution in [0.1, 0.15) is 69.7 Å². The van der Waals surface area contributed by atoms with Crippen molar-refractivity contribution in [3.63, 3.8) is 0 Å². The van der Waals surface area contributed by atoms with Gasteiger partial charge in [0.05, 0.1) is 0 Å². The molecule has 2 aliphatic rings. The third kappa shape index (κ3) is 6.96. The van der Waals surface area contributed by atoms with Gasteiger partial charge in [-0.25, -0.2) is 0 Å². The Bertz CT molecular complexity index is 553. The molecule has 2 aromatic rings. The molecule has 1 heterocycles. The average Bonchev–Trinajstić information content (AvgIpc) is 2.88. The zero-order chi connectivity index (χ0) is 19.2. The normalized spacial score (nSPS) is 14.3. The van der Waals surface area contributed by atoms with Gasteiger partial charge in [0, 0.05) is 0 Å². The molecular formula is C25H39N. The number of hydrogen-bond acceptors (Lipinski definition) is 1. The highest BCUT2D eigenvalue weighted by Gasteiger charge is 2.11. The summed E-state index contributed by atoms with van der Waals surface area (Å²) in [6.07, 6.45) is 6.23. The van der Waals surface area contributed by atoms with Gasteiger partial charge in [-0.05, 0) is 74.0 Å². The van der Waals surface area contributed by atoms with Gasteiger partial charge < -0.3 is 4.90 Å². The maximum atomic E-state index is 2.49. The van der Waals surface area contributed by atoms with Gasteiger partial charge in [0.1, 0.15) is 0 Å². The summed E-state index contributed by atoms with van der Waals surface area (Å²) >= 11 is 0. The second kappa shape index (κ2) is 13.6. The Balaban J connectivity index is 0.000000260. The smallest absolute Gasteiger partial charge is 0.000654 e. The van der Waals surface area contributed by atoms with E-state index in [2.05, 4.69) is 60.4 Å². The predicted octanol–water partition coefficient (Wildman–Crippen LogP) is 6.53. The van der Waals surface area contributed by atoms with Crippen LogP contribution in [0, 0.1) is 0 Å². The van der Waals surface area contributed by atoms with Gasteiger partial charge in [-0.15, -0.1) is 0 Å². The molecule has 1 aliphatic carbocycles. The Morgan fingerprint density at radius 3 is 1.42 bits per heavy atom. The van der Waals surface area contributed by atoms with Crippen molar-refractivity contribution in [2.45, 2.75) is 66.7 Å². The van der Waals surface area contributed by atoms with Gasteiger partial charge in [0.2, 0.25) is 0 Å². The Hall–Kier alpha value is -1.60. The lowest BCUT2D eigenvalue weighted by Crippen LogP contribution is -2.37. The molecule has 0 unspecified atom stereocenters. The number of benzene rings is 2. The van der Waals surface area contributed by atoms with Crippen LogP contribution in [0.2, 0.25) is 0 Å². The number of rotatable bonds is 2. The average molecular weight is 354 g/mol. The fourth-order valence-corrected chi connectivity index (χ4v) is 3.34. The maximum Gasteiger partial charge on any atom is -0.000654 e. The van der Waals surface area contributed by atoms with Gasteiger partial charge in [-0.3, -0.25) is 0 Å². The van der Waals surface area contributed by atoms with Crippen molar-refractivity contribution in [3.05, 3.63) is 70.8 Å². The van der Waals surface area contributed by atoms with Crippen LogP contribution in [0.25, 0.3) is 0 Å². The molecule has 1 heteroatoms. The Morgan fingerprint density at radius 2 is 1.12 bits per heavy atom. The lowest BCUT2D eigenvalue weighted by molar-refractivity contribution is 0.182. The highest BCUT2D eigenvalue weighted by molar-refractivity contribution is 5.40. The summed E-state index contributed by atoms with van der Waals surface area (Å²) in [5, 5.41) is 0. The Morgan fingerprint density at radius 1 is 0.692 bits per heavy atom. The summed E-state index contributed by atoms with van der Waals surface area (Å²) in [6, 6.07) is 17.6. The van der Waals surface area contributed by atoms with Crippen LogP contribution < -0.4 is 0 Å². The molecule has 1 nitrogen and oxygen atoms in total. The van der Waals surface area contributed by atoms with Gasteiger partial charge >= 0.3 is 0 Å². The molecule has 144 valence electrons. The van der Waals surface area contributed by atoms with Crippen molar-refractivity contribution in [1.29, 1.82) is 0 Å². The minimum Gasteiger partial charge on any atom is -0.303 e. The first-order valence-electron chi connectivity index (χ1n) is 10.7. The molecule has 0 atom stereocenters. The summed E-state index contributed by atoms with van der Waals surface area (Å²) in [5.74, 6) is 0. The van der Waals surface area contributed by atoms with E-state index in [0.717, 1.165) is 6.42 Å². The van der Waals surface area contributed by atoms with Crippen molar-refractivity contribution in [1.82, 2.24) is 4.90 Å². The molecule has 0 N–H and O–H groups in total. The Kier molecular flexibility index (Phi) is 11.7. The van der Waals surface area contributed by atoms with Crippen molar-refractivity contribution >= 4 is 0 Å². The summed E-state index contributed by atoms with van der Waals surface area (Å²) in [4.78, 5) is 2.49. The maximum absolute atomic E-state index is 2.49. The third-order valence-electron chi connectivity index (χ3n) is 4.77. The van der Waals surface area contributed by atoms with Crippen LogP contribution in [-0.2, 0) is 19.3 Å². The summed E-state index contributed by atoms with van der Waals surface area (Å²) in [6.45, 7) is 14.3. The topological polar surface area (TPSA) is 3.24 Å². The summed E-state index contributed by atoms with van der Waals surface area (Å²) < 4.78 is 0. The molecule has 0 radical (unpaired) electrons. The van der Waals surface area contributed by atoms with E-state index in [1.165, 1.54) is 67.6 Å². The van der Waals surface area contributed by atoms with E-state index in [-0.39, 0.29) is 0 Å². The first-order valence-corrected chi connectivity index (χ1v) is 10.7. The van der Waals surface area contributed by atoms with Crippen LogP contribution in [-0.4, -0.2) is 24.5 Å². The lowest BCUT2D eigenvalue weighted by Gasteiger charge is -2.29. The van der Waals surface area contributed by atoms with Crippen LogP contribution in [0.15, 0.2) is 48.5 Å². The van der Waals surface area contributed by atoms with E-state index in [1.54, 1.807) is 0 Å². The molecule has 1 saturated heterocycles. The lowest BCUT2D eigenvalue weighted by atomic mass is 10.0. The second-order valence-electron chi connectivity index (χ2n) is 6.41. The molecule has 0 spiro atoms. The van der Waals surface area contributed by atoms with E-state index < -0.39 is 0 Å². The summed E-state index contributed by atoms with van der Waals surface area (Å²) in [7, 11) is 0. The second-order valence-corrected chi connectivity index (χ2v) is 6.41.